The molecule has 1 aromatic rings. The fraction of sp³-hybridized carbons (Fsp3) is 0.500. The lowest BCUT2D eigenvalue weighted by Gasteiger charge is -2.31. The number of benzene rings is 1. The molecule has 0 N–H and O–H groups in total. The topological polar surface area (TPSA) is 40.2 Å². The van der Waals surface area contributed by atoms with Crippen LogP contribution in [-0.2, 0) is 11.2 Å². The fourth-order valence-electron chi connectivity index (χ4n) is 3.28. The molecule has 0 unspecified atom stereocenters. The number of hydrogen-bond donors (Lipinski definition) is 0. The number of methoxy groups -OCH3 is 3. The predicted molar refractivity (Wildman–Crippen MR) is 97.4 cm³/mol. The molecular weight excluding hydrogens is 326 g/mol. The van der Waals surface area contributed by atoms with E-state index in [1.165, 1.54) is 5.57 Å². The van der Waals surface area contributed by atoms with Crippen molar-refractivity contribution in [1.82, 2.24) is 4.90 Å². The Hall–Kier alpha value is -1.79. The van der Waals surface area contributed by atoms with Crippen LogP contribution in [0.15, 0.2) is 11.6 Å². The number of fused-ring (bicyclic) bond motifs is 1. The summed E-state index contributed by atoms with van der Waals surface area (Å²) in [5.74, 6) is 2.06. The zero-order chi connectivity index (χ0) is 17.1. The predicted octanol–water partition coefficient (Wildman–Crippen LogP) is 2.70. The summed E-state index contributed by atoms with van der Waals surface area (Å²) in [4.78, 5) is 3.16. The van der Waals surface area contributed by atoms with Gasteiger partial charge in [-0.2, -0.15) is 0 Å². The quantitative estimate of drug-likeness (QED) is 0.779. The largest absolute Gasteiger partial charge is 0.493 e. The number of morpholine rings is 1. The van der Waals surface area contributed by atoms with Crippen LogP contribution in [0.4, 0.5) is 0 Å². The van der Waals surface area contributed by atoms with Gasteiger partial charge in [0.1, 0.15) is 4.99 Å². The second kappa shape index (κ2) is 7.40. The Kier molecular flexibility index (Phi) is 5.26. The molecule has 130 valence electrons. The van der Waals surface area contributed by atoms with Crippen LogP contribution in [0.5, 0.6) is 17.2 Å². The van der Waals surface area contributed by atoms with E-state index in [9.17, 15) is 0 Å². The summed E-state index contributed by atoms with van der Waals surface area (Å²) in [5, 5.41) is 0. The highest BCUT2D eigenvalue weighted by Gasteiger charge is 2.25. The molecule has 0 aromatic heterocycles. The number of thiocarbonyl (C=S) groups is 1. The number of nitrogens with zero attached hydrogens (tertiary/aromatic N) is 1. The van der Waals surface area contributed by atoms with Gasteiger partial charge in [-0.15, -0.1) is 0 Å². The van der Waals surface area contributed by atoms with E-state index in [2.05, 4.69) is 11.0 Å². The van der Waals surface area contributed by atoms with Crippen LogP contribution in [0, 0.1) is 0 Å². The Balaban J connectivity index is 1.97. The Morgan fingerprint density at radius 1 is 1.04 bits per heavy atom. The summed E-state index contributed by atoms with van der Waals surface area (Å²) in [6.07, 6.45) is 3.92. The molecule has 1 aromatic carbocycles. The molecule has 2 aliphatic rings. The first-order valence-corrected chi connectivity index (χ1v) is 8.49. The minimum absolute atomic E-state index is 0.645. The van der Waals surface area contributed by atoms with E-state index >= 15 is 0 Å². The highest BCUT2D eigenvalue weighted by molar-refractivity contribution is 7.80. The van der Waals surface area contributed by atoms with Crippen LogP contribution >= 0.6 is 12.2 Å². The Morgan fingerprint density at radius 2 is 1.75 bits per heavy atom. The average Bonchev–Trinajstić information content (AvgIpc) is 2.65. The summed E-state index contributed by atoms with van der Waals surface area (Å²) < 4.78 is 21.9. The molecule has 0 bridgehead atoms. The van der Waals surface area contributed by atoms with Crippen molar-refractivity contribution in [3.63, 3.8) is 0 Å². The summed E-state index contributed by atoms with van der Waals surface area (Å²) >= 11 is 5.71. The van der Waals surface area contributed by atoms with Crippen LogP contribution in [0.2, 0.25) is 0 Å². The van der Waals surface area contributed by atoms with Gasteiger partial charge in [0, 0.05) is 18.7 Å². The van der Waals surface area contributed by atoms with E-state index in [0.717, 1.165) is 61.0 Å². The molecule has 1 aliphatic heterocycles. The van der Waals surface area contributed by atoms with Crippen molar-refractivity contribution in [3.05, 3.63) is 22.8 Å². The molecule has 1 fully saturated rings. The second-order valence-electron chi connectivity index (χ2n) is 5.79. The van der Waals surface area contributed by atoms with Crippen molar-refractivity contribution < 1.29 is 18.9 Å². The summed E-state index contributed by atoms with van der Waals surface area (Å²) in [5.41, 5.74) is 3.42. The molecule has 24 heavy (non-hydrogen) atoms. The summed E-state index contributed by atoms with van der Waals surface area (Å²) in [6.45, 7) is 3.20. The molecule has 1 aliphatic carbocycles. The van der Waals surface area contributed by atoms with Gasteiger partial charge in [-0.05, 0) is 36.1 Å². The standard InChI is InChI=1S/C18H23NO4S/c1-20-15-11-13-10-12(18(24)19-6-8-23-9-7-19)4-5-14(13)16(21-2)17(15)22-3/h10-11H,4-9H2,1-3H3. The third-order valence-corrected chi connectivity index (χ3v) is 5.03. The van der Waals surface area contributed by atoms with Gasteiger partial charge in [0.05, 0.1) is 34.5 Å². The maximum absolute atomic E-state index is 5.71. The molecule has 3 rings (SSSR count). The SMILES string of the molecule is COc1cc2c(c(OC)c1OC)CCC(C(=S)N1CCOCC1)=C2. The van der Waals surface area contributed by atoms with Crippen LogP contribution in [0.25, 0.3) is 6.08 Å². The third kappa shape index (κ3) is 3.08. The van der Waals surface area contributed by atoms with E-state index in [4.69, 9.17) is 31.2 Å². The Labute approximate surface area is 148 Å². The molecule has 1 heterocycles. The first-order chi connectivity index (χ1) is 11.7. The first kappa shape index (κ1) is 17.0. The smallest absolute Gasteiger partial charge is 0.203 e. The average molecular weight is 349 g/mol. The van der Waals surface area contributed by atoms with Gasteiger partial charge in [-0.1, -0.05) is 12.2 Å². The zero-order valence-corrected chi connectivity index (χ0v) is 15.2. The normalized spacial score (nSPS) is 17.0. The monoisotopic (exact) mass is 349 g/mol. The van der Waals surface area contributed by atoms with Crippen molar-refractivity contribution in [3.8, 4) is 17.2 Å². The number of hydrogen-bond acceptors (Lipinski definition) is 5. The van der Waals surface area contributed by atoms with E-state index < -0.39 is 0 Å². The van der Waals surface area contributed by atoms with Crippen LogP contribution < -0.4 is 14.2 Å². The van der Waals surface area contributed by atoms with E-state index in [0.29, 0.717) is 11.5 Å². The van der Waals surface area contributed by atoms with E-state index in [-0.39, 0.29) is 0 Å². The van der Waals surface area contributed by atoms with Gasteiger partial charge < -0.3 is 23.8 Å². The molecule has 1 saturated heterocycles. The van der Waals surface area contributed by atoms with Gasteiger partial charge >= 0.3 is 0 Å². The molecule has 0 amide bonds. The van der Waals surface area contributed by atoms with Gasteiger partial charge in [0.2, 0.25) is 5.75 Å². The Bertz CT molecular complexity index is 665. The van der Waals surface area contributed by atoms with E-state index in [1.54, 1.807) is 21.3 Å². The molecule has 0 radical (unpaired) electrons. The molecule has 5 nitrogen and oxygen atoms in total. The molecule has 6 heteroatoms. The van der Waals surface area contributed by atoms with Crippen LogP contribution in [0.3, 0.4) is 0 Å². The van der Waals surface area contributed by atoms with Gasteiger partial charge in [-0.3, -0.25) is 0 Å². The maximum atomic E-state index is 5.71. The van der Waals surface area contributed by atoms with Crippen molar-refractivity contribution in [2.24, 2.45) is 0 Å². The van der Waals surface area contributed by atoms with E-state index in [1.807, 2.05) is 6.07 Å². The fourth-order valence-corrected chi connectivity index (χ4v) is 3.62. The van der Waals surface area contributed by atoms with Crippen molar-refractivity contribution in [2.45, 2.75) is 12.8 Å². The number of rotatable bonds is 4. The lowest BCUT2D eigenvalue weighted by atomic mass is 9.90. The zero-order valence-electron chi connectivity index (χ0n) is 14.4. The minimum Gasteiger partial charge on any atom is -0.493 e. The van der Waals surface area contributed by atoms with Crippen LogP contribution in [-0.4, -0.2) is 57.5 Å². The van der Waals surface area contributed by atoms with Gasteiger partial charge in [-0.25, -0.2) is 0 Å². The Morgan fingerprint density at radius 3 is 2.38 bits per heavy atom. The van der Waals surface area contributed by atoms with Crippen molar-refractivity contribution >= 4 is 23.3 Å². The first-order valence-electron chi connectivity index (χ1n) is 8.09. The number of ether oxygens (including phenoxy) is 4. The van der Waals surface area contributed by atoms with Gasteiger partial charge in [0.25, 0.3) is 0 Å². The lowest BCUT2D eigenvalue weighted by Crippen LogP contribution is -2.40. The highest BCUT2D eigenvalue weighted by Crippen LogP contribution is 2.45. The van der Waals surface area contributed by atoms with Crippen molar-refractivity contribution in [1.29, 1.82) is 0 Å². The van der Waals surface area contributed by atoms with Crippen LogP contribution in [0.1, 0.15) is 17.5 Å². The third-order valence-electron chi connectivity index (χ3n) is 4.51. The second-order valence-corrected chi connectivity index (χ2v) is 6.17. The summed E-state index contributed by atoms with van der Waals surface area (Å²) in [6, 6.07) is 2.00. The molecule has 0 saturated carbocycles. The summed E-state index contributed by atoms with van der Waals surface area (Å²) in [7, 11) is 4.93. The molecule has 0 atom stereocenters. The molecular formula is C18H23NO4S. The van der Waals surface area contributed by atoms with Crippen molar-refractivity contribution in [2.75, 3.05) is 47.6 Å². The maximum Gasteiger partial charge on any atom is 0.203 e. The minimum atomic E-state index is 0.645. The highest BCUT2D eigenvalue weighted by atomic mass is 32.1. The van der Waals surface area contributed by atoms with Gasteiger partial charge in [0.15, 0.2) is 11.5 Å². The molecule has 0 spiro atoms. The lowest BCUT2D eigenvalue weighted by molar-refractivity contribution is 0.0691.